The molecule has 1 aromatic rings. The Labute approximate surface area is 168 Å². The fraction of sp³-hybridized carbons (Fsp3) is 0.600. The van der Waals surface area contributed by atoms with E-state index in [1.807, 2.05) is 6.92 Å². The molecule has 2 N–H and O–H groups in total. The third kappa shape index (κ3) is 3.63. The Bertz CT molecular complexity index is 701. The first-order valence-corrected chi connectivity index (χ1v) is 10.7. The Morgan fingerprint density at radius 2 is 1.85 bits per heavy atom. The molecule has 0 atom stereocenters. The van der Waals surface area contributed by atoms with Crippen LogP contribution in [0.15, 0.2) is 22.7 Å². The number of hydrogen-bond acceptors (Lipinski definition) is 3. The van der Waals surface area contributed by atoms with E-state index < -0.39 is 0 Å². The van der Waals surface area contributed by atoms with Crippen molar-refractivity contribution < 1.29 is 9.53 Å². The molecule has 4 saturated carbocycles. The molecular formula is C20H25BrN2O2S. The van der Waals surface area contributed by atoms with Crippen LogP contribution in [0.25, 0.3) is 0 Å². The van der Waals surface area contributed by atoms with Crippen LogP contribution in [0.2, 0.25) is 0 Å². The molecule has 4 aliphatic carbocycles. The van der Waals surface area contributed by atoms with Crippen molar-refractivity contribution in [3.05, 3.63) is 28.2 Å². The van der Waals surface area contributed by atoms with Gasteiger partial charge < -0.3 is 10.1 Å². The molecule has 4 nitrogen and oxygen atoms in total. The van der Waals surface area contributed by atoms with Crippen LogP contribution < -0.4 is 15.4 Å². The lowest BCUT2D eigenvalue weighted by molar-refractivity contribution is -0.0101. The zero-order valence-electron chi connectivity index (χ0n) is 15.0. The summed E-state index contributed by atoms with van der Waals surface area (Å²) in [5, 5.41) is 6.86. The molecule has 4 bridgehead atoms. The zero-order valence-corrected chi connectivity index (χ0v) is 17.4. The fourth-order valence-electron chi connectivity index (χ4n) is 5.63. The van der Waals surface area contributed by atoms with Crippen molar-refractivity contribution in [3.63, 3.8) is 0 Å². The summed E-state index contributed by atoms with van der Waals surface area (Å²) in [7, 11) is 0. The van der Waals surface area contributed by atoms with Crippen molar-refractivity contribution in [3.8, 4) is 5.75 Å². The van der Waals surface area contributed by atoms with Crippen LogP contribution >= 0.6 is 28.1 Å². The molecule has 26 heavy (non-hydrogen) atoms. The molecule has 0 aliphatic heterocycles. The number of nitrogens with one attached hydrogen (secondary N) is 2. The van der Waals surface area contributed by atoms with Crippen LogP contribution in [0.3, 0.4) is 0 Å². The normalized spacial score (nSPS) is 31.5. The van der Waals surface area contributed by atoms with Gasteiger partial charge in [-0.05, 0) is 110 Å². The van der Waals surface area contributed by atoms with Crippen LogP contribution in [0.1, 0.15) is 55.8 Å². The maximum atomic E-state index is 12.6. The molecule has 0 saturated heterocycles. The number of carbonyl (C=O) groups is 1. The minimum absolute atomic E-state index is 0.110. The van der Waals surface area contributed by atoms with Crippen molar-refractivity contribution in [1.82, 2.24) is 10.6 Å². The second-order valence-corrected chi connectivity index (χ2v) is 9.45. The molecule has 5 rings (SSSR count). The van der Waals surface area contributed by atoms with Crippen molar-refractivity contribution in [1.29, 1.82) is 0 Å². The van der Waals surface area contributed by atoms with Gasteiger partial charge in [0.25, 0.3) is 5.91 Å². The van der Waals surface area contributed by atoms with Gasteiger partial charge in [-0.1, -0.05) is 0 Å². The highest BCUT2D eigenvalue weighted by atomic mass is 79.9. The van der Waals surface area contributed by atoms with Crippen LogP contribution in [0.5, 0.6) is 5.75 Å². The molecule has 6 heteroatoms. The molecule has 1 aromatic carbocycles. The molecular weight excluding hydrogens is 412 g/mol. The van der Waals surface area contributed by atoms with Gasteiger partial charge in [0.15, 0.2) is 5.11 Å². The predicted molar refractivity (Wildman–Crippen MR) is 109 cm³/mol. The van der Waals surface area contributed by atoms with E-state index in [0.29, 0.717) is 17.3 Å². The first-order valence-electron chi connectivity index (χ1n) is 9.52. The van der Waals surface area contributed by atoms with Gasteiger partial charge in [0.05, 0.1) is 11.1 Å². The van der Waals surface area contributed by atoms with Gasteiger partial charge in [-0.15, -0.1) is 0 Å². The molecule has 0 unspecified atom stereocenters. The summed E-state index contributed by atoms with van der Waals surface area (Å²) in [6.07, 6.45) is 7.76. The first kappa shape index (κ1) is 18.2. The van der Waals surface area contributed by atoms with E-state index in [-0.39, 0.29) is 11.4 Å². The maximum Gasteiger partial charge on any atom is 0.257 e. The molecule has 0 heterocycles. The number of rotatable bonds is 4. The number of amides is 1. The number of benzene rings is 1. The standard InChI is InChI=1S/C20H25BrN2O2S/c1-2-25-17-4-3-15(8-16(17)21)18(24)22-19(26)23-20-9-12-5-13(10-20)7-14(6-12)11-20/h3-4,8,12-14H,2,5-7,9-11H2,1H3,(H2,22,23,24,26). The molecule has 0 spiro atoms. The van der Waals surface area contributed by atoms with Crippen molar-refractivity contribution in [2.24, 2.45) is 17.8 Å². The minimum Gasteiger partial charge on any atom is -0.493 e. The summed E-state index contributed by atoms with van der Waals surface area (Å²) >= 11 is 8.94. The average Bonchev–Trinajstić information content (AvgIpc) is 2.54. The summed E-state index contributed by atoms with van der Waals surface area (Å²) in [6, 6.07) is 5.34. The molecule has 140 valence electrons. The fourth-order valence-corrected chi connectivity index (χ4v) is 6.43. The quantitative estimate of drug-likeness (QED) is 0.685. The highest BCUT2D eigenvalue weighted by Gasteiger charge is 2.51. The smallest absolute Gasteiger partial charge is 0.257 e. The van der Waals surface area contributed by atoms with Crippen molar-refractivity contribution >= 4 is 39.2 Å². The number of carbonyl (C=O) groups excluding carboxylic acids is 1. The van der Waals surface area contributed by atoms with Gasteiger partial charge in [0.2, 0.25) is 0 Å². The summed E-state index contributed by atoms with van der Waals surface area (Å²) in [5.74, 6) is 3.08. The summed E-state index contributed by atoms with van der Waals surface area (Å²) in [5.41, 5.74) is 0.674. The molecule has 1 amide bonds. The summed E-state index contributed by atoms with van der Waals surface area (Å²) in [6.45, 7) is 2.52. The van der Waals surface area contributed by atoms with Gasteiger partial charge in [-0.3, -0.25) is 10.1 Å². The largest absolute Gasteiger partial charge is 0.493 e. The Balaban J connectivity index is 1.39. The lowest BCUT2D eigenvalue weighted by Crippen LogP contribution is -2.61. The SMILES string of the molecule is CCOc1ccc(C(=O)NC(=S)NC23CC4CC(CC(C4)C2)C3)cc1Br. The average molecular weight is 437 g/mol. The van der Waals surface area contributed by atoms with E-state index in [0.717, 1.165) is 28.0 Å². The van der Waals surface area contributed by atoms with Crippen LogP contribution in [0, 0.1) is 17.8 Å². The lowest BCUT2D eigenvalue weighted by atomic mass is 9.53. The van der Waals surface area contributed by atoms with E-state index >= 15 is 0 Å². The molecule has 0 radical (unpaired) electrons. The van der Waals surface area contributed by atoms with Crippen LogP contribution in [-0.4, -0.2) is 23.2 Å². The summed E-state index contributed by atoms with van der Waals surface area (Å²) in [4.78, 5) is 12.6. The van der Waals surface area contributed by atoms with E-state index in [1.54, 1.807) is 18.2 Å². The Hall–Kier alpha value is -1.14. The molecule has 4 aliphatic rings. The third-order valence-corrected chi connectivity index (χ3v) is 6.96. The van der Waals surface area contributed by atoms with Gasteiger partial charge in [0.1, 0.15) is 5.75 Å². The molecule has 0 aromatic heterocycles. The number of hydrogen-bond donors (Lipinski definition) is 2. The van der Waals surface area contributed by atoms with E-state index in [4.69, 9.17) is 17.0 Å². The lowest BCUT2D eigenvalue weighted by Gasteiger charge is -2.57. The second-order valence-electron chi connectivity index (χ2n) is 8.18. The van der Waals surface area contributed by atoms with Gasteiger partial charge in [0, 0.05) is 11.1 Å². The van der Waals surface area contributed by atoms with Crippen LogP contribution in [-0.2, 0) is 0 Å². The van der Waals surface area contributed by atoms with Gasteiger partial charge >= 0.3 is 0 Å². The van der Waals surface area contributed by atoms with E-state index in [2.05, 4.69) is 26.6 Å². The number of thiocarbonyl (C=S) groups is 1. The Kier molecular flexibility index (Phi) is 4.99. The highest BCUT2D eigenvalue weighted by Crippen LogP contribution is 2.55. The number of halogens is 1. The monoisotopic (exact) mass is 436 g/mol. The van der Waals surface area contributed by atoms with Gasteiger partial charge in [-0.2, -0.15) is 0 Å². The topological polar surface area (TPSA) is 50.4 Å². The third-order valence-electron chi connectivity index (χ3n) is 6.14. The van der Waals surface area contributed by atoms with E-state index in [9.17, 15) is 4.79 Å². The summed E-state index contributed by atoms with van der Waals surface area (Å²) < 4.78 is 6.26. The maximum absolute atomic E-state index is 12.6. The molecule has 4 fully saturated rings. The minimum atomic E-state index is -0.184. The number of ether oxygens (including phenoxy) is 1. The van der Waals surface area contributed by atoms with Gasteiger partial charge in [-0.25, -0.2) is 0 Å². The van der Waals surface area contributed by atoms with Crippen LogP contribution in [0.4, 0.5) is 0 Å². The highest BCUT2D eigenvalue weighted by molar-refractivity contribution is 9.10. The van der Waals surface area contributed by atoms with E-state index in [1.165, 1.54) is 38.5 Å². The zero-order chi connectivity index (χ0) is 18.3. The second kappa shape index (κ2) is 7.12. The Morgan fingerprint density at radius 1 is 1.23 bits per heavy atom. The Morgan fingerprint density at radius 3 is 2.38 bits per heavy atom. The predicted octanol–water partition coefficient (Wildman–Crippen LogP) is 4.42. The van der Waals surface area contributed by atoms with Crippen molar-refractivity contribution in [2.45, 2.75) is 51.0 Å². The first-order chi connectivity index (χ1) is 12.5. The van der Waals surface area contributed by atoms with Crippen molar-refractivity contribution in [2.75, 3.05) is 6.61 Å².